The molecule has 0 heterocycles. The first-order valence-electron chi connectivity index (χ1n) is 6.17. The van der Waals surface area contributed by atoms with Gasteiger partial charge >= 0.3 is 5.97 Å². The molecule has 3 heteroatoms. The van der Waals surface area contributed by atoms with Crippen molar-refractivity contribution in [2.24, 2.45) is 0 Å². The number of ether oxygens (including phenoxy) is 1. The lowest BCUT2D eigenvalue weighted by Crippen LogP contribution is -2.30. The van der Waals surface area contributed by atoms with Crippen LogP contribution < -0.4 is 5.32 Å². The van der Waals surface area contributed by atoms with Crippen LogP contribution in [0.2, 0.25) is 0 Å². The Morgan fingerprint density at radius 2 is 2.00 bits per heavy atom. The van der Waals surface area contributed by atoms with Gasteiger partial charge in [-0.15, -0.1) is 0 Å². The van der Waals surface area contributed by atoms with Crippen molar-refractivity contribution in [3.63, 3.8) is 0 Å². The molecule has 94 valence electrons. The van der Waals surface area contributed by atoms with Gasteiger partial charge in [0.2, 0.25) is 0 Å². The Labute approximate surface area is 103 Å². The normalized spacial score (nSPS) is 11.9. The number of carbonyl (C=O) groups is 1. The molecule has 0 radical (unpaired) electrons. The molecule has 0 aliphatic carbocycles. The zero-order valence-corrected chi connectivity index (χ0v) is 10.6. The molecular weight excluding hydrogens is 214 g/mol. The fourth-order valence-electron chi connectivity index (χ4n) is 1.73. The summed E-state index contributed by atoms with van der Waals surface area (Å²) < 4.78 is 4.81. The summed E-state index contributed by atoms with van der Waals surface area (Å²) in [4.78, 5) is 11.6. The topological polar surface area (TPSA) is 38.3 Å². The van der Waals surface area contributed by atoms with Gasteiger partial charge in [0.25, 0.3) is 0 Å². The second kappa shape index (κ2) is 7.71. The summed E-state index contributed by atoms with van der Waals surface area (Å²) in [6, 6.07) is 9.51. The molecule has 0 aliphatic heterocycles. The van der Waals surface area contributed by atoms with Crippen LogP contribution in [0, 0.1) is 0 Å². The van der Waals surface area contributed by atoms with Gasteiger partial charge in [0.05, 0.1) is 7.11 Å². The summed E-state index contributed by atoms with van der Waals surface area (Å²) in [5, 5.41) is 3.21. The molecule has 0 aromatic heterocycles. The van der Waals surface area contributed by atoms with Crippen molar-refractivity contribution in [2.45, 2.75) is 38.6 Å². The molecule has 1 N–H and O–H groups in total. The third kappa shape index (κ3) is 4.89. The highest BCUT2D eigenvalue weighted by Crippen LogP contribution is 2.12. The maximum Gasteiger partial charge on any atom is 0.328 e. The van der Waals surface area contributed by atoms with Gasteiger partial charge in [-0.2, -0.15) is 0 Å². The zero-order valence-electron chi connectivity index (χ0n) is 10.6. The molecule has 17 heavy (non-hydrogen) atoms. The van der Waals surface area contributed by atoms with Gasteiger partial charge in [0, 0.05) is 5.69 Å². The molecule has 0 saturated carbocycles. The molecule has 0 saturated heterocycles. The van der Waals surface area contributed by atoms with E-state index in [0.717, 1.165) is 31.4 Å². The first kappa shape index (κ1) is 13.6. The molecule has 0 fully saturated rings. The molecule has 0 spiro atoms. The van der Waals surface area contributed by atoms with E-state index in [0.29, 0.717) is 0 Å². The lowest BCUT2D eigenvalue weighted by atomic mass is 10.1. The standard InChI is InChI=1S/C14H21NO2/c1-3-4-6-11-13(14(16)17-2)15-12-9-7-5-8-10-12/h5,7-10,13,15H,3-4,6,11H2,1-2H3. The fourth-order valence-corrected chi connectivity index (χ4v) is 1.73. The van der Waals surface area contributed by atoms with Gasteiger partial charge < -0.3 is 10.1 Å². The van der Waals surface area contributed by atoms with Crippen LogP contribution in [-0.4, -0.2) is 19.1 Å². The summed E-state index contributed by atoms with van der Waals surface area (Å²) in [6.07, 6.45) is 4.15. The quantitative estimate of drug-likeness (QED) is 0.582. The summed E-state index contributed by atoms with van der Waals surface area (Å²) in [6.45, 7) is 2.15. The minimum atomic E-state index is -0.242. The van der Waals surface area contributed by atoms with Crippen molar-refractivity contribution >= 4 is 11.7 Å². The molecule has 1 aromatic carbocycles. The van der Waals surface area contributed by atoms with E-state index in [2.05, 4.69) is 12.2 Å². The van der Waals surface area contributed by atoms with Crippen LogP contribution >= 0.6 is 0 Å². The van der Waals surface area contributed by atoms with Crippen molar-refractivity contribution in [3.05, 3.63) is 30.3 Å². The van der Waals surface area contributed by atoms with E-state index in [1.165, 1.54) is 7.11 Å². The van der Waals surface area contributed by atoms with Gasteiger partial charge in [0.15, 0.2) is 0 Å². The Balaban J connectivity index is 2.54. The van der Waals surface area contributed by atoms with Crippen molar-refractivity contribution in [3.8, 4) is 0 Å². The first-order chi connectivity index (χ1) is 8.27. The number of benzene rings is 1. The number of para-hydroxylation sites is 1. The molecular formula is C14H21NO2. The van der Waals surface area contributed by atoms with E-state index in [1.54, 1.807) is 0 Å². The van der Waals surface area contributed by atoms with E-state index in [4.69, 9.17) is 4.74 Å². The highest BCUT2D eigenvalue weighted by molar-refractivity contribution is 5.79. The van der Waals surface area contributed by atoms with Crippen molar-refractivity contribution in [2.75, 3.05) is 12.4 Å². The number of nitrogens with one attached hydrogen (secondary N) is 1. The van der Waals surface area contributed by atoms with E-state index >= 15 is 0 Å². The van der Waals surface area contributed by atoms with E-state index in [9.17, 15) is 4.79 Å². The Morgan fingerprint density at radius 3 is 2.59 bits per heavy atom. The maximum atomic E-state index is 11.6. The number of unbranched alkanes of at least 4 members (excludes halogenated alkanes) is 2. The lowest BCUT2D eigenvalue weighted by molar-refractivity contribution is -0.141. The molecule has 0 aliphatic rings. The number of carbonyl (C=O) groups excluding carboxylic acids is 1. The van der Waals surface area contributed by atoms with Crippen LogP contribution in [0.1, 0.15) is 32.6 Å². The smallest absolute Gasteiger partial charge is 0.328 e. The Bertz CT molecular complexity index is 324. The summed E-state index contributed by atoms with van der Waals surface area (Å²) in [5.74, 6) is -0.190. The second-order valence-corrected chi connectivity index (χ2v) is 4.08. The van der Waals surface area contributed by atoms with E-state index in [1.807, 2.05) is 30.3 Å². The molecule has 3 nitrogen and oxygen atoms in total. The molecule has 0 bridgehead atoms. The van der Waals surface area contributed by atoms with Crippen LogP contribution in [0.4, 0.5) is 5.69 Å². The number of esters is 1. The van der Waals surface area contributed by atoms with Crippen molar-refractivity contribution in [1.29, 1.82) is 0 Å². The van der Waals surface area contributed by atoms with E-state index < -0.39 is 0 Å². The van der Waals surface area contributed by atoms with E-state index in [-0.39, 0.29) is 12.0 Å². The number of methoxy groups -OCH3 is 1. The van der Waals surface area contributed by atoms with Crippen LogP contribution in [0.3, 0.4) is 0 Å². The molecule has 1 atom stereocenters. The van der Waals surface area contributed by atoms with Gasteiger partial charge in [-0.25, -0.2) is 4.79 Å². The van der Waals surface area contributed by atoms with Gasteiger partial charge in [-0.05, 0) is 18.6 Å². The summed E-state index contributed by atoms with van der Waals surface area (Å²) >= 11 is 0. The Morgan fingerprint density at radius 1 is 1.29 bits per heavy atom. The minimum absolute atomic E-state index is 0.190. The first-order valence-corrected chi connectivity index (χ1v) is 6.17. The molecule has 0 amide bonds. The highest BCUT2D eigenvalue weighted by Gasteiger charge is 2.17. The highest BCUT2D eigenvalue weighted by atomic mass is 16.5. The lowest BCUT2D eigenvalue weighted by Gasteiger charge is -2.17. The number of hydrogen-bond donors (Lipinski definition) is 1. The second-order valence-electron chi connectivity index (χ2n) is 4.08. The number of hydrogen-bond acceptors (Lipinski definition) is 3. The Kier molecular flexibility index (Phi) is 6.15. The third-order valence-electron chi connectivity index (χ3n) is 2.70. The SMILES string of the molecule is CCCCCC(Nc1ccccc1)C(=O)OC. The monoisotopic (exact) mass is 235 g/mol. The largest absolute Gasteiger partial charge is 0.467 e. The van der Waals surface area contributed by atoms with Crippen LogP contribution in [-0.2, 0) is 9.53 Å². The summed E-state index contributed by atoms with van der Waals surface area (Å²) in [7, 11) is 1.43. The van der Waals surface area contributed by atoms with Gasteiger partial charge in [0.1, 0.15) is 6.04 Å². The van der Waals surface area contributed by atoms with Gasteiger partial charge in [-0.3, -0.25) is 0 Å². The summed E-state index contributed by atoms with van der Waals surface area (Å²) in [5.41, 5.74) is 0.958. The van der Waals surface area contributed by atoms with Crippen molar-refractivity contribution in [1.82, 2.24) is 0 Å². The van der Waals surface area contributed by atoms with Crippen molar-refractivity contribution < 1.29 is 9.53 Å². The minimum Gasteiger partial charge on any atom is -0.467 e. The predicted molar refractivity (Wildman–Crippen MR) is 70.0 cm³/mol. The molecule has 1 unspecified atom stereocenters. The molecule has 1 aromatic rings. The average Bonchev–Trinajstić information content (AvgIpc) is 2.38. The number of anilines is 1. The molecule has 1 rings (SSSR count). The predicted octanol–water partition coefficient (Wildman–Crippen LogP) is 3.22. The third-order valence-corrected chi connectivity index (χ3v) is 2.70. The fraction of sp³-hybridized carbons (Fsp3) is 0.500. The van der Waals surface area contributed by atoms with Gasteiger partial charge in [-0.1, -0.05) is 44.4 Å². The Hall–Kier alpha value is -1.51. The average molecular weight is 235 g/mol. The van der Waals surface area contributed by atoms with Crippen LogP contribution in [0.15, 0.2) is 30.3 Å². The van der Waals surface area contributed by atoms with Crippen LogP contribution in [0.25, 0.3) is 0 Å². The maximum absolute atomic E-state index is 11.6. The number of rotatable bonds is 7. The van der Waals surface area contributed by atoms with Crippen LogP contribution in [0.5, 0.6) is 0 Å². The zero-order chi connectivity index (χ0) is 12.5.